The number of H-pyrrole nitrogens is 2. The van der Waals surface area contributed by atoms with E-state index in [4.69, 9.17) is 4.74 Å². The summed E-state index contributed by atoms with van der Waals surface area (Å²) in [4.78, 5) is 35.1. The van der Waals surface area contributed by atoms with Crippen molar-refractivity contribution in [3.8, 4) is 5.75 Å². The summed E-state index contributed by atoms with van der Waals surface area (Å²) in [6, 6.07) is 20.4. The predicted octanol–water partition coefficient (Wildman–Crippen LogP) is 6.40. The third-order valence-electron chi connectivity index (χ3n) is 9.12. The number of methoxy groups -OCH3 is 1. The molecule has 0 bridgehead atoms. The summed E-state index contributed by atoms with van der Waals surface area (Å²) >= 11 is 0. The molecule has 9 heteroatoms. The second kappa shape index (κ2) is 13.2. The average Bonchev–Trinajstić information content (AvgIpc) is 3.65. The fourth-order valence-electron chi connectivity index (χ4n) is 6.91. The number of piperidine rings is 1. The molecule has 234 valence electrons. The first-order valence-corrected chi connectivity index (χ1v) is 15.6. The van der Waals surface area contributed by atoms with E-state index in [9.17, 15) is 14.0 Å². The van der Waals surface area contributed by atoms with E-state index in [0.717, 1.165) is 57.1 Å². The van der Waals surface area contributed by atoms with Gasteiger partial charge in [-0.05, 0) is 66.6 Å². The molecule has 2 aromatic heterocycles. The van der Waals surface area contributed by atoms with Crippen LogP contribution in [0.5, 0.6) is 5.75 Å². The van der Waals surface area contributed by atoms with Gasteiger partial charge in [-0.3, -0.25) is 14.6 Å². The molecular formula is C36H40FN5O3. The Morgan fingerprint density at radius 2 is 1.62 bits per heavy atom. The zero-order chi connectivity index (χ0) is 31.5. The maximum absolute atomic E-state index is 14.1. The summed E-state index contributed by atoms with van der Waals surface area (Å²) in [5, 5.41) is 6.05. The molecule has 2 N–H and O–H groups in total. The highest BCUT2D eigenvalue weighted by molar-refractivity contribution is 5.84. The Morgan fingerprint density at radius 3 is 2.38 bits per heavy atom. The van der Waals surface area contributed by atoms with Crippen molar-refractivity contribution < 1.29 is 18.7 Å². The monoisotopic (exact) mass is 609 g/mol. The number of ether oxygens (including phenoxy) is 1. The van der Waals surface area contributed by atoms with Crippen LogP contribution in [0.25, 0.3) is 21.8 Å². The van der Waals surface area contributed by atoms with Crippen LogP contribution in [0, 0.1) is 5.82 Å². The first-order chi connectivity index (χ1) is 21.8. The van der Waals surface area contributed by atoms with Gasteiger partial charge in [-0.25, -0.2) is 9.40 Å². The summed E-state index contributed by atoms with van der Waals surface area (Å²) in [5.41, 5.74) is 5.09. The molecule has 0 saturated carbocycles. The van der Waals surface area contributed by atoms with Crippen LogP contribution in [-0.4, -0.2) is 69.5 Å². The zero-order valence-corrected chi connectivity index (χ0v) is 26.1. The molecule has 8 nitrogen and oxygen atoms in total. The van der Waals surface area contributed by atoms with E-state index in [2.05, 4.69) is 21.0 Å². The predicted molar refractivity (Wildman–Crippen MR) is 174 cm³/mol. The smallest absolute Gasteiger partial charge is 0.234 e. The zero-order valence-electron chi connectivity index (χ0n) is 26.1. The number of nitrogens with one attached hydrogen (secondary N) is 2. The SMILES string of the molecule is COc1ccccc1CN(C[C@@H](Cc1c[nH]c2ccccc12)N(C(C)=O)N1CCC(c2c[nH]c3ccc(F)cc23)CC1)C(C)=O. The number of nitrogens with zero attached hydrogens (tertiary/aromatic N) is 3. The lowest BCUT2D eigenvalue weighted by atomic mass is 9.89. The van der Waals surface area contributed by atoms with Crippen LogP contribution in [0.3, 0.4) is 0 Å². The number of aromatic nitrogens is 2. The molecule has 1 saturated heterocycles. The van der Waals surface area contributed by atoms with Gasteiger partial charge in [-0.15, -0.1) is 0 Å². The van der Waals surface area contributed by atoms with Gasteiger partial charge in [0.2, 0.25) is 11.8 Å². The largest absolute Gasteiger partial charge is 0.496 e. The number of amides is 2. The van der Waals surface area contributed by atoms with E-state index in [-0.39, 0.29) is 29.6 Å². The van der Waals surface area contributed by atoms with E-state index in [1.54, 1.807) is 38.0 Å². The third kappa shape index (κ3) is 6.44. The molecule has 0 aliphatic carbocycles. The Kier molecular flexibility index (Phi) is 8.89. The molecule has 1 aliphatic rings. The minimum absolute atomic E-state index is 0.0618. The van der Waals surface area contributed by atoms with Crippen LogP contribution < -0.4 is 4.74 Å². The number of aromatic amines is 2. The van der Waals surface area contributed by atoms with Crippen molar-refractivity contribution in [1.29, 1.82) is 0 Å². The quantitative estimate of drug-likeness (QED) is 0.192. The Balaban J connectivity index is 1.28. The number of halogens is 1. The minimum Gasteiger partial charge on any atom is -0.496 e. The van der Waals surface area contributed by atoms with Crippen molar-refractivity contribution in [2.75, 3.05) is 26.7 Å². The van der Waals surface area contributed by atoms with E-state index in [1.807, 2.05) is 59.9 Å². The second-order valence-corrected chi connectivity index (χ2v) is 12.0. The van der Waals surface area contributed by atoms with Crippen LogP contribution in [0.2, 0.25) is 0 Å². The number of carbonyl (C=O) groups excluding carboxylic acids is 2. The van der Waals surface area contributed by atoms with Gasteiger partial charge in [-0.2, -0.15) is 0 Å². The maximum Gasteiger partial charge on any atom is 0.234 e. The molecule has 2 amide bonds. The number of carbonyl (C=O) groups is 2. The molecule has 0 radical (unpaired) electrons. The van der Waals surface area contributed by atoms with Crippen molar-refractivity contribution >= 4 is 33.6 Å². The first kappa shape index (κ1) is 30.4. The Labute approximate surface area is 262 Å². The number of rotatable bonds is 10. The molecule has 3 heterocycles. The van der Waals surface area contributed by atoms with Gasteiger partial charge in [0.05, 0.1) is 13.2 Å². The highest BCUT2D eigenvalue weighted by Crippen LogP contribution is 2.35. The summed E-state index contributed by atoms with van der Waals surface area (Å²) < 4.78 is 19.7. The number of hydrogen-bond acceptors (Lipinski definition) is 4. The standard InChI is InChI=1S/C36H40FN5O3/c1-24(43)40(22-27-8-4-7-11-36(27)45-3)23-30(18-28-20-38-34-10-6-5-9-31(28)34)42(25(2)44)41-16-14-26(15-17-41)33-21-39-35-13-12-29(37)19-32(33)35/h4-13,19-21,26,30,38-39H,14-18,22-23H2,1-3H3/t30-/m1/s1. The molecule has 45 heavy (non-hydrogen) atoms. The van der Waals surface area contributed by atoms with Gasteiger partial charge >= 0.3 is 0 Å². The summed E-state index contributed by atoms with van der Waals surface area (Å²) in [6.07, 6.45) is 6.22. The summed E-state index contributed by atoms with van der Waals surface area (Å²) in [6.45, 7) is 5.25. The van der Waals surface area contributed by atoms with Gasteiger partial charge in [0, 0.05) is 79.8 Å². The summed E-state index contributed by atoms with van der Waals surface area (Å²) in [7, 11) is 1.63. The van der Waals surface area contributed by atoms with Gasteiger partial charge in [0.25, 0.3) is 0 Å². The molecule has 1 aliphatic heterocycles. The van der Waals surface area contributed by atoms with Gasteiger partial charge in [0.15, 0.2) is 0 Å². The Hall–Kier alpha value is -4.63. The van der Waals surface area contributed by atoms with Crippen molar-refractivity contribution in [2.45, 2.75) is 51.6 Å². The molecule has 5 aromatic rings. The van der Waals surface area contributed by atoms with Crippen molar-refractivity contribution in [1.82, 2.24) is 24.9 Å². The Morgan fingerprint density at radius 1 is 0.911 bits per heavy atom. The second-order valence-electron chi connectivity index (χ2n) is 12.0. The van der Waals surface area contributed by atoms with Crippen LogP contribution in [-0.2, 0) is 22.6 Å². The lowest BCUT2D eigenvalue weighted by molar-refractivity contribution is -0.158. The molecule has 0 unspecified atom stereocenters. The molecule has 1 atom stereocenters. The Bertz CT molecular complexity index is 1800. The van der Waals surface area contributed by atoms with Gasteiger partial charge < -0.3 is 19.6 Å². The fourth-order valence-corrected chi connectivity index (χ4v) is 6.91. The number of benzene rings is 3. The van der Waals surface area contributed by atoms with E-state index in [1.165, 1.54) is 6.07 Å². The van der Waals surface area contributed by atoms with E-state index < -0.39 is 0 Å². The van der Waals surface area contributed by atoms with Gasteiger partial charge in [-0.1, -0.05) is 36.4 Å². The average molecular weight is 610 g/mol. The normalized spacial score (nSPS) is 14.9. The van der Waals surface area contributed by atoms with Crippen LogP contribution in [0.1, 0.15) is 49.3 Å². The molecule has 3 aromatic carbocycles. The molecule has 6 rings (SSSR count). The van der Waals surface area contributed by atoms with Crippen molar-refractivity contribution in [2.24, 2.45) is 0 Å². The lowest BCUT2D eigenvalue weighted by Gasteiger charge is -2.44. The minimum atomic E-state index is -0.306. The number of hydrogen-bond donors (Lipinski definition) is 2. The number of hydrazine groups is 1. The molecular weight excluding hydrogens is 569 g/mol. The number of para-hydroxylation sites is 2. The summed E-state index contributed by atoms with van der Waals surface area (Å²) in [5.74, 6) is 0.593. The maximum atomic E-state index is 14.1. The van der Waals surface area contributed by atoms with Crippen LogP contribution in [0.4, 0.5) is 4.39 Å². The lowest BCUT2D eigenvalue weighted by Crippen LogP contribution is -2.57. The topological polar surface area (TPSA) is 84.7 Å². The molecule has 1 fully saturated rings. The third-order valence-corrected chi connectivity index (χ3v) is 9.12. The fraction of sp³-hybridized carbons (Fsp3) is 0.333. The van der Waals surface area contributed by atoms with E-state index in [0.29, 0.717) is 32.6 Å². The highest BCUT2D eigenvalue weighted by Gasteiger charge is 2.34. The van der Waals surface area contributed by atoms with Crippen molar-refractivity contribution in [3.05, 3.63) is 102 Å². The van der Waals surface area contributed by atoms with Crippen LogP contribution >= 0.6 is 0 Å². The van der Waals surface area contributed by atoms with Gasteiger partial charge in [0.1, 0.15) is 11.6 Å². The molecule has 0 spiro atoms. The number of fused-ring (bicyclic) bond motifs is 2. The van der Waals surface area contributed by atoms with Crippen LogP contribution in [0.15, 0.2) is 79.1 Å². The first-order valence-electron chi connectivity index (χ1n) is 15.6. The van der Waals surface area contributed by atoms with E-state index >= 15 is 0 Å². The highest BCUT2D eigenvalue weighted by atomic mass is 19.1. The van der Waals surface area contributed by atoms with Crippen molar-refractivity contribution in [3.63, 3.8) is 0 Å².